The third-order valence-electron chi connectivity index (χ3n) is 0.762. The number of urea groups is 1. The molecule has 1 aromatic heterocycles. The second-order valence-corrected chi connectivity index (χ2v) is 1.48. The molecule has 12 heavy (non-hydrogen) atoms. The highest BCUT2D eigenvalue weighted by molar-refractivity contribution is 5.75. The molecular formula is C2H3N9O. The summed E-state index contributed by atoms with van der Waals surface area (Å²) < 4.78 is 0. The third-order valence-corrected chi connectivity index (χ3v) is 0.762. The number of H-pyrrole nitrogens is 1. The maximum Gasteiger partial charge on any atom is 0.326 e. The molecule has 0 atom stereocenters. The first kappa shape index (κ1) is 7.75. The lowest BCUT2D eigenvalue weighted by molar-refractivity contribution is 0.250. The molecule has 0 aromatic carbocycles. The zero-order valence-electron chi connectivity index (χ0n) is 5.59. The maximum absolute atomic E-state index is 10.5. The molecule has 0 fully saturated rings. The van der Waals surface area contributed by atoms with E-state index in [1.165, 1.54) is 0 Å². The number of aromatic amines is 1. The summed E-state index contributed by atoms with van der Waals surface area (Å²) in [5.41, 5.74) is 12.0. The molecule has 1 aromatic rings. The van der Waals surface area contributed by atoms with Crippen LogP contribution in [0.5, 0.6) is 0 Å². The van der Waals surface area contributed by atoms with Gasteiger partial charge in [0.1, 0.15) is 0 Å². The first-order valence-corrected chi connectivity index (χ1v) is 2.67. The van der Waals surface area contributed by atoms with Gasteiger partial charge in [-0.25, -0.2) is 0 Å². The van der Waals surface area contributed by atoms with Crippen LogP contribution in [-0.4, -0.2) is 26.7 Å². The normalized spacial score (nSPS) is 8.33. The molecule has 0 unspecified atom stereocenters. The van der Waals surface area contributed by atoms with Crippen LogP contribution in [0.2, 0.25) is 0 Å². The number of hydrogen-bond donors (Lipinski definition) is 3. The first-order chi connectivity index (χ1) is 5.83. The van der Waals surface area contributed by atoms with Crippen LogP contribution < -0.4 is 10.9 Å². The fourth-order valence-electron chi connectivity index (χ4n) is 0.390. The average molecular weight is 169 g/mol. The van der Waals surface area contributed by atoms with Gasteiger partial charge in [0.2, 0.25) is 0 Å². The number of aromatic nitrogens is 4. The Morgan fingerprint density at radius 2 is 2.58 bits per heavy atom. The fourth-order valence-corrected chi connectivity index (χ4v) is 0.390. The number of amides is 2. The monoisotopic (exact) mass is 169 g/mol. The average Bonchev–Trinajstić information content (AvgIpc) is 2.53. The first-order valence-electron chi connectivity index (χ1n) is 2.67. The summed E-state index contributed by atoms with van der Waals surface area (Å²) in [5, 5.41) is 14.9. The number of hydrogen-bond acceptors (Lipinski definition) is 5. The summed E-state index contributed by atoms with van der Waals surface area (Å²) in [6, 6.07) is -0.887. The molecular weight excluding hydrogens is 166 g/mol. The SMILES string of the molecule is [N-]=[N+]=NC(=O)NNc1nn[nH]n1. The molecule has 62 valence electrons. The summed E-state index contributed by atoms with van der Waals surface area (Å²) >= 11 is 0. The summed E-state index contributed by atoms with van der Waals surface area (Å²) in [7, 11) is 0. The van der Waals surface area contributed by atoms with Crippen LogP contribution in [0.25, 0.3) is 10.4 Å². The predicted molar refractivity (Wildman–Crippen MR) is 35.5 cm³/mol. The lowest BCUT2D eigenvalue weighted by Crippen LogP contribution is -2.26. The van der Waals surface area contributed by atoms with Gasteiger partial charge in [-0.15, -0.1) is 5.10 Å². The van der Waals surface area contributed by atoms with Crippen LogP contribution in [0.15, 0.2) is 5.11 Å². The van der Waals surface area contributed by atoms with Crippen LogP contribution in [0, 0.1) is 0 Å². The number of carbonyl (C=O) groups excluding carboxylic acids is 1. The molecule has 0 saturated carbocycles. The minimum Gasteiger partial charge on any atom is -0.266 e. The second-order valence-electron chi connectivity index (χ2n) is 1.48. The van der Waals surface area contributed by atoms with Crippen LogP contribution in [0.1, 0.15) is 0 Å². The van der Waals surface area contributed by atoms with Gasteiger partial charge in [-0.3, -0.25) is 15.6 Å². The van der Waals surface area contributed by atoms with Crippen molar-refractivity contribution in [3.05, 3.63) is 10.4 Å². The van der Waals surface area contributed by atoms with Gasteiger partial charge in [-0.2, -0.15) is 5.21 Å². The zero-order chi connectivity index (χ0) is 8.81. The highest BCUT2D eigenvalue weighted by Crippen LogP contribution is 1.85. The van der Waals surface area contributed by atoms with Crippen molar-refractivity contribution < 1.29 is 4.79 Å². The molecule has 0 radical (unpaired) electrons. The van der Waals surface area contributed by atoms with Gasteiger partial charge in [0, 0.05) is 10.0 Å². The molecule has 3 N–H and O–H groups in total. The number of nitrogens with zero attached hydrogens (tertiary/aromatic N) is 6. The van der Waals surface area contributed by atoms with Gasteiger partial charge in [0.05, 0.1) is 0 Å². The Kier molecular flexibility index (Phi) is 2.41. The van der Waals surface area contributed by atoms with Crippen LogP contribution in [-0.2, 0) is 0 Å². The summed E-state index contributed by atoms with van der Waals surface area (Å²) in [6.07, 6.45) is 0. The lowest BCUT2D eigenvalue weighted by Gasteiger charge is -1.97. The number of azide groups is 1. The predicted octanol–water partition coefficient (Wildman–Crippen LogP) is -0.454. The van der Waals surface area contributed by atoms with Crippen molar-refractivity contribution in [1.82, 2.24) is 26.0 Å². The van der Waals surface area contributed by atoms with E-state index in [0.717, 1.165) is 0 Å². The largest absolute Gasteiger partial charge is 0.326 e. The molecule has 2 amide bonds. The van der Waals surface area contributed by atoms with Crippen molar-refractivity contribution in [3.8, 4) is 0 Å². The van der Waals surface area contributed by atoms with E-state index in [4.69, 9.17) is 5.53 Å². The van der Waals surface area contributed by atoms with E-state index < -0.39 is 6.03 Å². The highest BCUT2D eigenvalue weighted by atomic mass is 16.2. The highest BCUT2D eigenvalue weighted by Gasteiger charge is 1.97. The van der Waals surface area contributed by atoms with Crippen LogP contribution >= 0.6 is 0 Å². The van der Waals surface area contributed by atoms with Crippen molar-refractivity contribution in [2.75, 3.05) is 5.43 Å². The van der Waals surface area contributed by atoms with E-state index in [2.05, 4.69) is 36.1 Å². The Balaban J connectivity index is 2.36. The van der Waals surface area contributed by atoms with Crippen molar-refractivity contribution in [1.29, 1.82) is 0 Å². The molecule has 0 spiro atoms. The second kappa shape index (κ2) is 3.73. The van der Waals surface area contributed by atoms with Gasteiger partial charge >= 0.3 is 6.03 Å². The molecule has 0 bridgehead atoms. The van der Waals surface area contributed by atoms with E-state index in [1.807, 2.05) is 5.43 Å². The van der Waals surface area contributed by atoms with Crippen molar-refractivity contribution in [2.45, 2.75) is 0 Å². The number of tetrazole rings is 1. The standard InChI is InChI=1S/C2H3N9O/c3-9-8-2(12)7-4-1-5-10-11-6-1/h(H,7,12)(H2,4,5,6,10,11). The summed E-state index contributed by atoms with van der Waals surface area (Å²) in [6.45, 7) is 0. The summed E-state index contributed by atoms with van der Waals surface area (Å²) in [4.78, 5) is 12.7. The molecule has 1 rings (SSSR count). The van der Waals surface area contributed by atoms with Crippen molar-refractivity contribution in [3.63, 3.8) is 0 Å². The number of anilines is 1. The summed E-state index contributed by atoms with van der Waals surface area (Å²) in [5.74, 6) is 0.0662. The van der Waals surface area contributed by atoms with Gasteiger partial charge in [0.15, 0.2) is 0 Å². The Bertz CT molecular complexity index is 294. The zero-order valence-corrected chi connectivity index (χ0v) is 5.59. The Labute approximate surface area is 64.9 Å². The molecule has 1 heterocycles. The third kappa shape index (κ3) is 2.11. The molecule has 0 aliphatic heterocycles. The Morgan fingerprint density at radius 3 is 3.17 bits per heavy atom. The molecule has 10 heteroatoms. The van der Waals surface area contributed by atoms with E-state index in [1.54, 1.807) is 0 Å². The van der Waals surface area contributed by atoms with Gasteiger partial charge in [-0.05, 0) is 10.7 Å². The van der Waals surface area contributed by atoms with Crippen molar-refractivity contribution in [2.24, 2.45) is 5.11 Å². The van der Waals surface area contributed by atoms with Gasteiger partial charge < -0.3 is 0 Å². The Hall–Kier alpha value is -2.35. The molecule has 0 aliphatic rings. The van der Waals surface area contributed by atoms with E-state index in [-0.39, 0.29) is 5.95 Å². The minimum absolute atomic E-state index is 0.0662. The van der Waals surface area contributed by atoms with E-state index >= 15 is 0 Å². The Morgan fingerprint density at radius 1 is 1.75 bits per heavy atom. The smallest absolute Gasteiger partial charge is 0.266 e. The lowest BCUT2D eigenvalue weighted by atomic mass is 11.0. The van der Waals surface area contributed by atoms with Gasteiger partial charge in [-0.1, -0.05) is 5.10 Å². The quantitative estimate of drug-likeness (QED) is 0.237. The van der Waals surface area contributed by atoms with Crippen molar-refractivity contribution >= 4 is 12.0 Å². The van der Waals surface area contributed by atoms with E-state index in [9.17, 15) is 4.79 Å². The number of carbonyl (C=O) groups is 1. The number of nitrogens with one attached hydrogen (secondary N) is 3. The molecule has 0 aliphatic carbocycles. The molecule has 10 nitrogen and oxygen atoms in total. The minimum atomic E-state index is -0.887. The topological polar surface area (TPSA) is 144 Å². The van der Waals surface area contributed by atoms with Gasteiger partial charge in [0.25, 0.3) is 5.95 Å². The van der Waals surface area contributed by atoms with E-state index in [0.29, 0.717) is 0 Å². The maximum atomic E-state index is 10.5. The molecule has 0 saturated heterocycles. The van der Waals surface area contributed by atoms with Crippen LogP contribution in [0.4, 0.5) is 10.7 Å². The fraction of sp³-hybridized carbons (Fsp3) is 0. The number of rotatable bonds is 2. The number of hydrazine groups is 1. The van der Waals surface area contributed by atoms with Crippen LogP contribution in [0.3, 0.4) is 0 Å².